The molecule has 4 aromatic rings. The fraction of sp³-hybridized carbons (Fsp3) is 0.341. The summed E-state index contributed by atoms with van der Waals surface area (Å²) >= 11 is 0. The van der Waals surface area contributed by atoms with Crippen LogP contribution in [-0.4, -0.2) is 102 Å². The molecule has 0 aliphatic carbocycles. The number of carboxylic acids is 1. The number of piperazine rings is 1. The van der Waals surface area contributed by atoms with E-state index in [4.69, 9.17) is 9.15 Å². The molecule has 57 heavy (non-hydrogen) atoms. The molecule has 16 nitrogen and oxygen atoms in total. The predicted octanol–water partition coefficient (Wildman–Crippen LogP) is 3.54. The number of ether oxygens (including phenoxy) is 1. The first-order valence-corrected chi connectivity index (χ1v) is 18.8. The van der Waals surface area contributed by atoms with E-state index in [-0.39, 0.29) is 67.0 Å². The zero-order valence-corrected chi connectivity index (χ0v) is 31.5. The summed E-state index contributed by atoms with van der Waals surface area (Å²) in [4.78, 5) is 93.2. The van der Waals surface area contributed by atoms with Crippen molar-refractivity contribution >= 4 is 63.7 Å². The lowest BCUT2D eigenvalue weighted by molar-refractivity contribution is -0.136. The lowest BCUT2D eigenvalue weighted by Crippen LogP contribution is -2.54. The number of hydrogen-bond donors (Lipinski definition) is 4. The number of imide groups is 2. The van der Waals surface area contributed by atoms with Crippen molar-refractivity contribution in [1.29, 1.82) is 0 Å². The van der Waals surface area contributed by atoms with Gasteiger partial charge in [-0.05, 0) is 56.2 Å². The van der Waals surface area contributed by atoms with E-state index in [2.05, 4.69) is 16.0 Å². The third-order valence-corrected chi connectivity index (χ3v) is 10.4. The summed E-state index contributed by atoms with van der Waals surface area (Å²) in [5, 5.41) is 18.7. The van der Waals surface area contributed by atoms with E-state index in [1.165, 1.54) is 18.2 Å². The molecule has 3 aliphatic rings. The lowest BCUT2D eigenvalue weighted by atomic mass is 10.0. The van der Waals surface area contributed by atoms with Crippen LogP contribution in [-0.2, 0) is 19.1 Å². The molecular weight excluding hydrogens is 736 g/mol. The second kappa shape index (κ2) is 16.3. The molecule has 0 radical (unpaired) electrons. The number of rotatable bonds is 13. The van der Waals surface area contributed by atoms with Gasteiger partial charge in [-0.1, -0.05) is 24.3 Å². The van der Waals surface area contributed by atoms with Crippen LogP contribution in [0.4, 0.5) is 17.3 Å². The number of nitrogens with one attached hydrogen (secondary N) is 3. The van der Waals surface area contributed by atoms with Gasteiger partial charge in [-0.2, -0.15) is 0 Å². The number of carbonyl (C=O) groups is 6. The standard InChI is InChI=1S/C41H42N6O10/c1-23-20-27(24(2)43-29-8-4-3-6-25(29)41(54)55)37-28(21-23)32(48)22-35(57-37)46-16-14-45(15-17-46)34(50)12-18-56-19-13-42-30-9-5-7-26-36(30)40(53)47(39(26)52)31-10-11-33(49)44-38(31)51/h3-9,20-22,24,31,42-43H,10-19H2,1-2H3,(H,54,55)(H,44,49,51)/t24-,31?/m1/s1. The van der Waals surface area contributed by atoms with Crippen molar-refractivity contribution in [1.82, 2.24) is 15.1 Å². The van der Waals surface area contributed by atoms with Crippen LogP contribution in [0.1, 0.15) is 74.4 Å². The SMILES string of the molecule is Cc1cc([C@@H](C)Nc2ccccc2C(=O)O)c2oc(N3CCN(C(=O)CCOCCNc4cccc5c4C(=O)N(C4CCC(=O)NC4=O)C5=O)CC3)cc(=O)c2c1. The Morgan fingerprint density at radius 2 is 1.70 bits per heavy atom. The Morgan fingerprint density at radius 1 is 0.947 bits per heavy atom. The van der Waals surface area contributed by atoms with Gasteiger partial charge in [0.05, 0.1) is 47.8 Å². The number of fused-ring (bicyclic) bond motifs is 2. The highest BCUT2D eigenvalue weighted by molar-refractivity contribution is 6.25. The third-order valence-electron chi connectivity index (χ3n) is 10.4. The van der Waals surface area contributed by atoms with Crippen molar-refractivity contribution in [2.45, 2.75) is 45.2 Å². The molecule has 4 heterocycles. The van der Waals surface area contributed by atoms with E-state index in [0.717, 1.165) is 10.5 Å². The van der Waals surface area contributed by atoms with E-state index >= 15 is 0 Å². The van der Waals surface area contributed by atoms with Gasteiger partial charge in [-0.3, -0.25) is 39.0 Å². The zero-order chi connectivity index (χ0) is 40.4. The Morgan fingerprint density at radius 3 is 2.46 bits per heavy atom. The highest BCUT2D eigenvalue weighted by atomic mass is 16.5. The molecule has 5 amide bonds. The van der Waals surface area contributed by atoms with E-state index in [1.54, 1.807) is 41.3 Å². The van der Waals surface area contributed by atoms with Crippen LogP contribution in [0.5, 0.6) is 0 Å². The van der Waals surface area contributed by atoms with Crippen LogP contribution in [0.25, 0.3) is 11.0 Å². The largest absolute Gasteiger partial charge is 0.478 e. The Bertz CT molecular complexity index is 2350. The fourth-order valence-corrected chi connectivity index (χ4v) is 7.52. The molecule has 296 valence electrons. The van der Waals surface area contributed by atoms with Crippen LogP contribution < -0.4 is 26.3 Å². The van der Waals surface area contributed by atoms with Crippen LogP contribution in [0.2, 0.25) is 0 Å². The fourth-order valence-electron chi connectivity index (χ4n) is 7.52. The maximum Gasteiger partial charge on any atom is 0.337 e. The number of para-hydroxylation sites is 1. The number of hydrogen-bond acceptors (Lipinski definition) is 12. The van der Waals surface area contributed by atoms with Crippen LogP contribution in [0.3, 0.4) is 0 Å². The number of aromatic carboxylic acids is 1. The van der Waals surface area contributed by atoms with Crippen LogP contribution in [0, 0.1) is 6.92 Å². The molecule has 2 saturated heterocycles. The van der Waals surface area contributed by atoms with Gasteiger partial charge in [-0.15, -0.1) is 0 Å². The zero-order valence-electron chi connectivity index (χ0n) is 31.5. The second-order valence-corrected chi connectivity index (χ2v) is 14.2. The van der Waals surface area contributed by atoms with E-state index in [0.29, 0.717) is 60.0 Å². The summed E-state index contributed by atoms with van der Waals surface area (Å²) < 4.78 is 12.1. The Labute approximate surface area is 326 Å². The second-order valence-electron chi connectivity index (χ2n) is 14.2. The minimum Gasteiger partial charge on any atom is -0.478 e. The van der Waals surface area contributed by atoms with Gasteiger partial charge < -0.3 is 34.7 Å². The number of anilines is 3. The molecule has 0 saturated carbocycles. The predicted molar refractivity (Wildman–Crippen MR) is 208 cm³/mol. The monoisotopic (exact) mass is 778 g/mol. The summed E-state index contributed by atoms with van der Waals surface area (Å²) in [7, 11) is 0. The molecule has 0 bridgehead atoms. The van der Waals surface area contributed by atoms with E-state index in [1.807, 2.05) is 24.8 Å². The van der Waals surface area contributed by atoms with Gasteiger partial charge in [0.25, 0.3) is 11.8 Å². The number of piperidine rings is 1. The normalized spacial score (nSPS) is 17.4. The Kier molecular flexibility index (Phi) is 11.1. The molecule has 1 unspecified atom stereocenters. The molecule has 4 N–H and O–H groups in total. The summed E-state index contributed by atoms with van der Waals surface area (Å²) in [6, 6.07) is 15.1. The van der Waals surface area contributed by atoms with Crippen molar-refractivity contribution < 1.29 is 43.0 Å². The molecule has 3 aromatic carbocycles. The summed E-state index contributed by atoms with van der Waals surface area (Å²) in [6.45, 7) is 6.13. The van der Waals surface area contributed by atoms with Crippen molar-refractivity contribution in [3.63, 3.8) is 0 Å². The number of benzene rings is 3. The highest BCUT2D eigenvalue weighted by Crippen LogP contribution is 2.33. The van der Waals surface area contributed by atoms with Gasteiger partial charge in [-0.25, -0.2) is 4.79 Å². The third kappa shape index (κ3) is 7.94. The Balaban J connectivity index is 0.902. The first kappa shape index (κ1) is 38.7. The molecule has 16 heteroatoms. The molecule has 0 spiro atoms. The molecule has 3 aliphatic heterocycles. The van der Waals surface area contributed by atoms with E-state index in [9.17, 15) is 38.7 Å². The van der Waals surface area contributed by atoms with Gasteiger partial charge in [0, 0.05) is 62.1 Å². The number of carboxylic acid groups (broad SMARTS) is 1. The average molecular weight is 779 g/mol. The summed E-state index contributed by atoms with van der Waals surface area (Å²) in [5.41, 5.74) is 3.10. The quantitative estimate of drug-likeness (QED) is 0.113. The average Bonchev–Trinajstić information content (AvgIpc) is 3.45. The maximum atomic E-state index is 13.4. The van der Waals surface area contributed by atoms with Crippen molar-refractivity contribution in [2.24, 2.45) is 0 Å². The molecule has 1 aromatic heterocycles. The highest BCUT2D eigenvalue weighted by Gasteiger charge is 2.45. The number of aryl methyl sites for hydroxylation is 1. The molecular formula is C41H42N6O10. The lowest BCUT2D eigenvalue weighted by Gasteiger charge is -2.35. The van der Waals surface area contributed by atoms with Gasteiger partial charge in [0.2, 0.25) is 17.7 Å². The Hall–Kier alpha value is -6.55. The molecule has 2 atom stereocenters. The smallest absolute Gasteiger partial charge is 0.337 e. The minimum absolute atomic E-state index is 0.0333. The van der Waals surface area contributed by atoms with Gasteiger partial charge in [0.15, 0.2) is 11.3 Å². The van der Waals surface area contributed by atoms with Gasteiger partial charge >= 0.3 is 5.97 Å². The number of carbonyl (C=O) groups excluding carboxylic acids is 5. The molecule has 2 fully saturated rings. The topological polar surface area (TPSA) is 208 Å². The van der Waals surface area contributed by atoms with Crippen molar-refractivity contribution in [3.05, 3.63) is 98.7 Å². The molecule has 7 rings (SSSR count). The first-order chi connectivity index (χ1) is 27.4. The van der Waals surface area contributed by atoms with E-state index < -0.39 is 41.7 Å². The number of nitrogens with zero attached hydrogens (tertiary/aromatic N) is 3. The van der Waals surface area contributed by atoms with Crippen LogP contribution in [0.15, 0.2) is 69.9 Å². The summed E-state index contributed by atoms with van der Waals surface area (Å²) in [5.74, 6) is -3.06. The van der Waals surface area contributed by atoms with Crippen molar-refractivity contribution in [2.75, 3.05) is 61.5 Å². The summed E-state index contributed by atoms with van der Waals surface area (Å²) in [6.07, 6.45) is 0.252. The number of amides is 5. The minimum atomic E-state index is -1.06. The first-order valence-electron chi connectivity index (χ1n) is 18.8. The van der Waals surface area contributed by atoms with Crippen molar-refractivity contribution in [3.8, 4) is 0 Å². The van der Waals surface area contributed by atoms with Gasteiger partial charge in [0.1, 0.15) is 11.6 Å². The maximum absolute atomic E-state index is 13.4. The van der Waals surface area contributed by atoms with Crippen LogP contribution >= 0.6 is 0 Å².